The van der Waals surface area contributed by atoms with Gasteiger partial charge in [-0.05, 0) is 27.7 Å². The molecule has 0 saturated heterocycles. The molecule has 0 aliphatic rings. The molecule has 5 heteroatoms. The Balaban J connectivity index is 4.18. The van der Waals surface area contributed by atoms with Gasteiger partial charge in [0.15, 0.2) is 5.78 Å². The highest BCUT2D eigenvalue weighted by Gasteiger charge is 2.20. The maximum Gasteiger partial charge on any atom is 0.407 e. The molecule has 0 aromatic rings. The normalized spacial score (nSPS) is 13.1. The van der Waals surface area contributed by atoms with E-state index in [9.17, 15) is 9.59 Å². The number of ether oxygens (including phenoxy) is 2. The van der Waals surface area contributed by atoms with Gasteiger partial charge < -0.3 is 14.8 Å². The molecule has 0 fully saturated rings. The number of carbonyl (C=O) groups excluding carboxylic acids is 2. The van der Waals surface area contributed by atoms with Gasteiger partial charge in [-0.15, -0.1) is 0 Å². The lowest BCUT2D eigenvalue weighted by molar-refractivity contribution is -0.121. The van der Waals surface area contributed by atoms with Gasteiger partial charge in [0.2, 0.25) is 0 Å². The van der Waals surface area contributed by atoms with E-state index in [1.807, 2.05) is 20.8 Å². The number of methoxy groups -OCH3 is 1. The fraction of sp³-hybridized carbons (Fsp3) is 0.800. The van der Waals surface area contributed by atoms with Gasteiger partial charge in [0.1, 0.15) is 6.04 Å². The van der Waals surface area contributed by atoms with Crippen LogP contribution in [-0.2, 0) is 14.3 Å². The molecule has 0 heterocycles. The number of Topliss-reactive ketones (excluding diaryl/α,β-unsaturated/α-hetero) is 1. The van der Waals surface area contributed by atoms with Gasteiger partial charge in [-0.2, -0.15) is 0 Å². The third kappa shape index (κ3) is 6.90. The van der Waals surface area contributed by atoms with Crippen molar-refractivity contribution in [2.75, 3.05) is 13.7 Å². The van der Waals surface area contributed by atoms with Crippen LogP contribution in [0.1, 0.15) is 27.7 Å². The molecule has 5 nitrogen and oxygen atoms in total. The van der Waals surface area contributed by atoms with E-state index in [2.05, 4.69) is 10.1 Å². The van der Waals surface area contributed by atoms with Crippen molar-refractivity contribution in [1.29, 1.82) is 0 Å². The predicted molar refractivity (Wildman–Crippen MR) is 55.7 cm³/mol. The lowest BCUT2D eigenvalue weighted by Gasteiger charge is -2.23. The lowest BCUT2D eigenvalue weighted by Crippen LogP contribution is -2.44. The Morgan fingerprint density at radius 1 is 1.33 bits per heavy atom. The van der Waals surface area contributed by atoms with Crippen LogP contribution in [0.2, 0.25) is 0 Å². The van der Waals surface area contributed by atoms with Crippen molar-refractivity contribution < 1.29 is 19.1 Å². The monoisotopic (exact) mass is 217 g/mol. The highest BCUT2D eigenvalue weighted by atomic mass is 16.5. The molecule has 0 aliphatic carbocycles. The van der Waals surface area contributed by atoms with Gasteiger partial charge in [-0.1, -0.05) is 0 Å². The largest absolute Gasteiger partial charge is 0.453 e. The van der Waals surface area contributed by atoms with Crippen LogP contribution < -0.4 is 5.32 Å². The maximum absolute atomic E-state index is 11.2. The Morgan fingerprint density at radius 3 is 2.20 bits per heavy atom. The minimum atomic E-state index is -0.656. The molecule has 0 aromatic carbocycles. The summed E-state index contributed by atoms with van der Waals surface area (Å²) in [6, 6.07) is -0.656. The first-order valence-corrected chi connectivity index (χ1v) is 4.75. The second-order valence-electron chi connectivity index (χ2n) is 4.22. The minimum Gasteiger partial charge on any atom is -0.453 e. The Morgan fingerprint density at radius 2 is 1.87 bits per heavy atom. The van der Waals surface area contributed by atoms with Crippen molar-refractivity contribution >= 4 is 11.9 Å². The summed E-state index contributed by atoms with van der Waals surface area (Å²) in [6.07, 6.45) is -0.632. The minimum absolute atomic E-state index is 0.147. The molecule has 15 heavy (non-hydrogen) atoms. The van der Waals surface area contributed by atoms with E-state index in [-0.39, 0.29) is 18.0 Å². The Labute approximate surface area is 90.1 Å². The van der Waals surface area contributed by atoms with Gasteiger partial charge in [0.05, 0.1) is 19.3 Å². The topological polar surface area (TPSA) is 64.6 Å². The summed E-state index contributed by atoms with van der Waals surface area (Å²) in [5.41, 5.74) is -0.342. The molecule has 0 rings (SSSR count). The van der Waals surface area contributed by atoms with Gasteiger partial charge in [-0.25, -0.2) is 4.79 Å². The number of carbonyl (C=O) groups is 2. The quantitative estimate of drug-likeness (QED) is 0.766. The van der Waals surface area contributed by atoms with Crippen molar-refractivity contribution in [1.82, 2.24) is 5.32 Å². The Hall–Kier alpha value is -1.10. The summed E-state index contributed by atoms with van der Waals surface area (Å²) in [7, 11) is 1.25. The van der Waals surface area contributed by atoms with Crippen LogP contribution >= 0.6 is 0 Å². The zero-order chi connectivity index (χ0) is 12.1. The van der Waals surface area contributed by atoms with Crippen molar-refractivity contribution in [3.05, 3.63) is 0 Å². The van der Waals surface area contributed by atoms with E-state index < -0.39 is 12.1 Å². The average molecular weight is 217 g/mol. The Bertz CT molecular complexity index is 232. The molecule has 1 atom stereocenters. The number of rotatable bonds is 4. The van der Waals surface area contributed by atoms with Gasteiger partial charge >= 0.3 is 6.09 Å². The summed E-state index contributed by atoms with van der Waals surface area (Å²) in [5.74, 6) is -0.162. The van der Waals surface area contributed by atoms with Gasteiger partial charge in [0, 0.05) is 0 Å². The molecule has 0 radical (unpaired) electrons. The van der Waals surface area contributed by atoms with Crippen LogP contribution in [0.25, 0.3) is 0 Å². The van der Waals surface area contributed by atoms with Crippen LogP contribution in [0, 0.1) is 0 Å². The fourth-order valence-corrected chi connectivity index (χ4v) is 0.795. The van der Waals surface area contributed by atoms with Gasteiger partial charge in [-0.3, -0.25) is 4.79 Å². The Kier molecular flexibility index (Phi) is 5.28. The van der Waals surface area contributed by atoms with Crippen molar-refractivity contribution in [3.8, 4) is 0 Å². The smallest absolute Gasteiger partial charge is 0.407 e. The highest BCUT2D eigenvalue weighted by molar-refractivity contribution is 5.85. The van der Waals surface area contributed by atoms with Crippen LogP contribution in [0.4, 0.5) is 4.79 Å². The molecule has 1 N–H and O–H groups in total. The standard InChI is InChI=1S/C10H19NO4/c1-7(12)8(11-9(13)14-5)6-15-10(2,3)4/h8H,6H2,1-5H3,(H,11,13)/t8-/m0/s1. The lowest BCUT2D eigenvalue weighted by atomic mass is 10.1. The number of alkyl carbamates (subject to hydrolysis) is 1. The zero-order valence-corrected chi connectivity index (χ0v) is 9.92. The van der Waals surface area contributed by atoms with Gasteiger partial charge in [0.25, 0.3) is 0 Å². The first-order valence-electron chi connectivity index (χ1n) is 4.75. The summed E-state index contributed by atoms with van der Waals surface area (Å²) in [6.45, 7) is 7.17. The third-order valence-corrected chi connectivity index (χ3v) is 1.65. The fourth-order valence-electron chi connectivity index (χ4n) is 0.795. The first-order chi connectivity index (χ1) is 6.76. The van der Waals surface area contributed by atoms with Crippen LogP contribution in [0.3, 0.4) is 0 Å². The van der Waals surface area contributed by atoms with Crippen molar-refractivity contribution in [2.45, 2.75) is 39.3 Å². The van der Waals surface area contributed by atoms with E-state index in [4.69, 9.17) is 4.74 Å². The molecule has 0 bridgehead atoms. The SMILES string of the molecule is COC(=O)N[C@@H](COC(C)(C)C)C(C)=O. The molecular weight excluding hydrogens is 198 g/mol. The first kappa shape index (κ1) is 13.9. The highest BCUT2D eigenvalue weighted by Crippen LogP contribution is 2.07. The summed E-state index contributed by atoms with van der Waals surface area (Å²) < 4.78 is 9.81. The second-order valence-corrected chi connectivity index (χ2v) is 4.22. The van der Waals surface area contributed by atoms with E-state index in [0.29, 0.717) is 0 Å². The average Bonchev–Trinajstić information content (AvgIpc) is 2.09. The summed E-state index contributed by atoms with van der Waals surface area (Å²) in [4.78, 5) is 22.1. The number of ketones is 1. The molecule has 0 aliphatic heterocycles. The van der Waals surface area contributed by atoms with Crippen molar-refractivity contribution in [3.63, 3.8) is 0 Å². The van der Waals surface area contributed by atoms with Crippen LogP contribution in [0.5, 0.6) is 0 Å². The predicted octanol–water partition coefficient (Wildman–Crippen LogP) is 1.12. The van der Waals surface area contributed by atoms with Crippen molar-refractivity contribution in [2.24, 2.45) is 0 Å². The molecule has 1 amide bonds. The number of hydrogen-bond donors (Lipinski definition) is 1. The number of amides is 1. The van der Waals surface area contributed by atoms with Crippen LogP contribution in [-0.4, -0.2) is 37.2 Å². The zero-order valence-electron chi connectivity index (χ0n) is 9.92. The number of nitrogens with one attached hydrogen (secondary N) is 1. The number of hydrogen-bond acceptors (Lipinski definition) is 4. The third-order valence-electron chi connectivity index (χ3n) is 1.65. The maximum atomic E-state index is 11.2. The molecule has 0 aromatic heterocycles. The second kappa shape index (κ2) is 5.70. The molecule has 0 unspecified atom stereocenters. The molecule has 88 valence electrons. The molecule has 0 saturated carbocycles. The summed E-state index contributed by atoms with van der Waals surface area (Å²) >= 11 is 0. The molecule has 0 spiro atoms. The van der Waals surface area contributed by atoms with E-state index in [0.717, 1.165) is 0 Å². The van der Waals surface area contributed by atoms with E-state index in [1.165, 1.54) is 14.0 Å². The van der Waals surface area contributed by atoms with E-state index in [1.54, 1.807) is 0 Å². The summed E-state index contributed by atoms with van der Waals surface area (Å²) in [5, 5.41) is 2.40. The van der Waals surface area contributed by atoms with Crippen LogP contribution in [0.15, 0.2) is 0 Å². The molecular formula is C10H19NO4. The van der Waals surface area contributed by atoms with E-state index >= 15 is 0 Å².